The molecule has 16 heteroatoms. The molecule has 6 bridgehead atoms. The SMILES string of the molecule is C=CC(=O)N1CC[C@@](O)(C(=O)N(C)[C@H](C(=O)N[C@H]2Cc3cc(O)cc(c3)-c3ccc4c(c3)c(c(-c3ccc(COC)cc3CN(C)C)n4CC)CC(C)(C)COCC3(C=O)CCCN(N3)C2=O)C(C)C)C1. The lowest BCUT2D eigenvalue weighted by Crippen LogP contribution is -2.66. The summed E-state index contributed by atoms with van der Waals surface area (Å²) in [4.78, 5) is 73.9. The number of ether oxygens (including phenoxy) is 2. The molecule has 1 unspecified atom stereocenters. The molecule has 382 valence electrons. The fourth-order valence-corrected chi connectivity index (χ4v) is 10.9. The van der Waals surface area contributed by atoms with E-state index in [9.17, 15) is 34.2 Å². The van der Waals surface area contributed by atoms with Crippen molar-refractivity contribution in [1.29, 1.82) is 0 Å². The maximum absolute atomic E-state index is 14.9. The standard InChI is InChI=1S/C55H73N7O9/c1-11-47(65)60-21-19-55(69,31-60)52(68)59(9)48(35(3)4)50(66)56-45-25-37-23-39(26-41(64)24-37)38-15-17-46-43(27-38)44(28-53(5,6)33-71-34-54(32-63)18-13-20-62(57-54)51(45)67)49(61(46)12-2)42-16-14-36(30-70-10)22-40(42)29-58(7)8/h11,14-17,22-24,26-27,32,35,45,48,57,64,69H,1,12-13,18-21,25,28-31,33-34H2,2-10H3,(H,56,66)/t45-,48-,54?,55-/m0/s1. The van der Waals surface area contributed by atoms with E-state index in [-0.39, 0.29) is 44.8 Å². The smallest absolute Gasteiger partial charge is 0.259 e. The van der Waals surface area contributed by atoms with Crippen molar-refractivity contribution in [2.45, 2.75) is 110 Å². The van der Waals surface area contributed by atoms with Crippen LogP contribution < -0.4 is 10.7 Å². The van der Waals surface area contributed by atoms with E-state index >= 15 is 0 Å². The van der Waals surface area contributed by atoms with Gasteiger partial charge in [-0.3, -0.25) is 24.2 Å². The molecule has 16 nitrogen and oxygen atoms in total. The van der Waals surface area contributed by atoms with Crippen LogP contribution in [0.2, 0.25) is 0 Å². The highest BCUT2D eigenvalue weighted by molar-refractivity contribution is 5.97. The first kappa shape index (κ1) is 52.9. The molecule has 4 heterocycles. The number of aromatic hydroxyl groups is 1. The second kappa shape index (κ2) is 21.4. The lowest BCUT2D eigenvalue weighted by atomic mass is 9.83. The zero-order chi connectivity index (χ0) is 51.6. The Labute approximate surface area is 417 Å². The molecule has 71 heavy (non-hydrogen) atoms. The van der Waals surface area contributed by atoms with Crippen LogP contribution >= 0.6 is 0 Å². The fourth-order valence-electron chi connectivity index (χ4n) is 10.9. The number of rotatable bonds is 13. The molecule has 0 aliphatic carbocycles. The van der Waals surface area contributed by atoms with Crippen LogP contribution in [0.3, 0.4) is 0 Å². The average molecular weight is 976 g/mol. The van der Waals surface area contributed by atoms with E-state index in [2.05, 4.69) is 92.0 Å². The highest BCUT2D eigenvalue weighted by Gasteiger charge is 2.48. The van der Waals surface area contributed by atoms with E-state index in [1.807, 2.05) is 12.1 Å². The monoisotopic (exact) mass is 976 g/mol. The molecule has 3 aliphatic rings. The third kappa shape index (κ3) is 11.3. The summed E-state index contributed by atoms with van der Waals surface area (Å²) >= 11 is 0. The second-order valence-electron chi connectivity index (χ2n) is 21.3. The number of nitrogens with one attached hydrogen (secondary N) is 2. The summed E-state index contributed by atoms with van der Waals surface area (Å²) in [5, 5.41) is 28.3. The zero-order valence-corrected chi connectivity index (χ0v) is 43.0. The Morgan fingerprint density at radius 1 is 1.03 bits per heavy atom. The molecule has 4 aromatic rings. The molecule has 4 amide bonds. The second-order valence-corrected chi connectivity index (χ2v) is 21.3. The van der Waals surface area contributed by atoms with Crippen LogP contribution in [0, 0.1) is 11.3 Å². The Hall–Kier alpha value is -5.91. The van der Waals surface area contributed by atoms with Gasteiger partial charge in [-0.15, -0.1) is 0 Å². The number of carbonyl (C=O) groups excluding carboxylic acids is 5. The van der Waals surface area contributed by atoms with E-state index in [1.54, 1.807) is 33.1 Å². The van der Waals surface area contributed by atoms with Crippen LogP contribution in [0.5, 0.6) is 5.75 Å². The summed E-state index contributed by atoms with van der Waals surface area (Å²) in [5.74, 6) is -2.82. The number of methoxy groups -OCH3 is 1. The number of hydrazine groups is 1. The maximum atomic E-state index is 14.9. The minimum atomic E-state index is -1.93. The van der Waals surface area contributed by atoms with Gasteiger partial charge in [-0.05, 0) is 115 Å². The van der Waals surface area contributed by atoms with Crippen molar-refractivity contribution in [1.82, 2.24) is 35.0 Å². The predicted molar refractivity (Wildman–Crippen MR) is 273 cm³/mol. The number of aliphatic hydroxyl groups is 1. The van der Waals surface area contributed by atoms with Crippen molar-refractivity contribution in [3.05, 3.63) is 89.5 Å². The number of aryl methyl sites for hydroxylation is 1. The number of nitrogens with zero attached hydrogens (tertiary/aromatic N) is 5. The molecule has 0 saturated carbocycles. The van der Waals surface area contributed by atoms with Crippen LogP contribution in [-0.2, 0) is 66.0 Å². The van der Waals surface area contributed by atoms with Crippen LogP contribution in [0.15, 0.2) is 67.3 Å². The lowest BCUT2D eigenvalue weighted by Gasteiger charge is -2.42. The molecule has 7 rings (SSSR count). The van der Waals surface area contributed by atoms with Gasteiger partial charge in [0.1, 0.15) is 29.7 Å². The van der Waals surface area contributed by atoms with Crippen molar-refractivity contribution in [3.63, 3.8) is 0 Å². The number of hydrogen-bond acceptors (Lipinski definition) is 11. The molecule has 1 aromatic heterocycles. The van der Waals surface area contributed by atoms with Crippen molar-refractivity contribution >= 4 is 40.8 Å². The molecular formula is C55H73N7O9. The molecule has 2 saturated heterocycles. The number of fused-ring (bicyclic) bond motifs is 6. The Bertz CT molecular complexity index is 2680. The Morgan fingerprint density at radius 2 is 1.79 bits per heavy atom. The summed E-state index contributed by atoms with van der Waals surface area (Å²) in [7, 11) is 7.26. The van der Waals surface area contributed by atoms with Gasteiger partial charge < -0.3 is 49.1 Å². The lowest BCUT2D eigenvalue weighted by molar-refractivity contribution is -0.156. The minimum absolute atomic E-state index is 0.0145. The molecule has 3 aromatic carbocycles. The van der Waals surface area contributed by atoms with Gasteiger partial charge in [0.15, 0.2) is 5.60 Å². The number of aldehydes is 1. The Kier molecular flexibility index (Phi) is 16.0. The summed E-state index contributed by atoms with van der Waals surface area (Å²) < 4.78 is 14.5. The van der Waals surface area contributed by atoms with Crippen LogP contribution in [0.1, 0.15) is 76.1 Å². The third-order valence-electron chi connectivity index (χ3n) is 14.2. The Balaban J connectivity index is 1.34. The first-order valence-corrected chi connectivity index (χ1v) is 24.7. The van der Waals surface area contributed by atoms with Gasteiger partial charge in [-0.2, -0.15) is 0 Å². The summed E-state index contributed by atoms with van der Waals surface area (Å²) in [5.41, 5.74) is 8.34. The molecule has 4 N–H and O–H groups in total. The van der Waals surface area contributed by atoms with Gasteiger partial charge in [0.05, 0.1) is 32.1 Å². The van der Waals surface area contributed by atoms with Gasteiger partial charge in [-0.1, -0.05) is 64.6 Å². The summed E-state index contributed by atoms with van der Waals surface area (Å²) in [6.07, 6.45) is 3.33. The number of likely N-dealkylation sites (tertiary alicyclic amines) is 1. The molecule has 2 fully saturated rings. The predicted octanol–water partition coefficient (Wildman–Crippen LogP) is 5.23. The number of carbonyl (C=O) groups is 5. The van der Waals surface area contributed by atoms with Crippen LogP contribution in [0.25, 0.3) is 33.3 Å². The average Bonchev–Trinajstić information content (AvgIpc) is 3.87. The number of β-amino-alcohol motifs (C(OH)–C–C–N with tert-alkyl or cyclic N) is 1. The molecule has 0 spiro atoms. The topological polar surface area (TPSA) is 186 Å². The molecular weight excluding hydrogens is 903 g/mol. The number of amides is 4. The largest absolute Gasteiger partial charge is 0.508 e. The first-order chi connectivity index (χ1) is 33.6. The van der Waals surface area contributed by atoms with Gasteiger partial charge in [0, 0.05) is 69.6 Å². The highest BCUT2D eigenvalue weighted by Crippen LogP contribution is 2.42. The quantitative estimate of drug-likeness (QED) is 0.102. The number of phenolic OH excluding ortho intramolecular Hbond substituents is 1. The number of phenols is 1. The van der Waals surface area contributed by atoms with Crippen molar-refractivity contribution in [2.75, 3.05) is 61.1 Å². The van der Waals surface area contributed by atoms with E-state index < -0.39 is 58.2 Å². The number of benzene rings is 3. The Morgan fingerprint density at radius 3 is 2.46 bits per heavy atom. The van der Waals surface area contributed by atoms with Gasteiger partial charge in [0.2, 0.25) is 11.8 Å². The maximum Gasteiger partial charge on any atom is 0.259 e. The van der Waals surface area contributed by atoms with Gasteiger partial charge in [0.25, 0.3) is 11.8 Å². The number of aromatic nitrogens is 1. The molecule has 0 radical (unpaired) electrons. The molecule has 3 aliphatic heterocycles. The van der Waals surface area contributed by atoms with E-state index in [4.69, 9.17) is 9.47 Å². The first-order valence-electron chi connectivity index (χ1n) is 24.7. The van der Waals surface area contributed by atoms with Gasteiger partial charge >= 0.3 is 0 Å². The van der Waals surface area contributed by atoms with Crippen LogP contribution in [-0.4, -0.2) is 149 Å². The van der Waals surface area contributed by atoms with E-state index in [1.165, 1.54) is 27.4 Å². The van der Waals surface area contributed by atoms with Crippen molar-refractivity contribution in [3.8, 4) is 28.1 Å². The van der Waals surface area contributed by atoms with Crippen molar-refractivity contribution in [2.24, 2.45) is 11.3 Å². The van der Waals surface area contributed by atoms with Gasteiger partial charge in [-0.25, -0.2) is 5.43 Å². The summed E-state index contributed by atoms with van der Waals surface area (Å²) in [6.45, 7) is 15.8. The minimum Gasteiger partial charge on any atom is -0.508 e. The van der Waals surface area contributed by atoms with Crippen molar-refractivity contribution < 1.29 is 43.7 Å². The number of hydrogen-bond donors (Lipinski definition) is 4. The number of likely N-dealkylation sites (N-methyl/N-ethyl adjacent to an activating group) is 1. The third-order valence-corrected chi connectivity index (χ3v) is 14.2. The van der Waals surface area contributed by atoms with E-state index in [0.717, 1.165) is 51.2 Å². The molecule has 4 atom stereocenters. The van der Waals surface area contributed by atoms with E-state index in [0.29, 0.717) is 56.7 Å². The normalized spacial score (nSPS) is 22.1. The van der Waals surface area contributed by atoms with Crippen LogP contribution in [0.4, 0.5) is 0 Å². The fraction of sp³-hybridized carbons (Fsp3) is 0.509. The highest BCUT2D eigenvalue weighted by atomic mass is 16.5. The summed E-state index contributed by atoms with van der Waals surface area (Å²) in [6, 6.07) is 15.7. The zero-order valence-electron chi connectivity index (χ0n) is 43.0.